The van der Waals surface area contributed by atoms with Gasteiger partial charge in [0.15, 0.2) is 0 Å². The molecule has 1 aromatic heterocycles. The molecular weight excluding hydrogens is 312 g/mol. The molecule has 1 saturated heterocycles. The third kappa shape index (κ3) is 4.20. The highest BCUT2D eigenvalue weighted by Crippen LogP contribution is 2.14. The van der Waals surface area contributed by atoms with Gasteiger partial charge in [-0.15, -0.1) is 0 Å². The average Bonchev–Trinajstić information content (AvgIpc) is 3.11. The number of nitrogens with zero attached hydrogens (tertiary/aromatic N) is 3. The van der Waals surface area contributed by atoms with Crippen molar-refractivity contribution in [2.24, 2.45) is 0 Å². The number of carbonyl (C=O) groups is 1. The summed E-state index contributed by atoms with van der Waals surface area (Å²) in [5.74, 6) is 0.562. The Balaban J connectivity index is 1.50. The van der Waals surface area contributed by atoms with Crippen molar-refractivity contribution < 1.29 is 4.79 Å². The maximum Gasteiger partial charge on any atom is 0.254 e. The number of benzene rings is 1. The lowest BCUT2D eigenvalue weighted by Crippen LogP contribution is -2.26. The van der Waals surface area contributed by atoms with Crippen molar-refractivity contribution in [3.8, 4) is 0 Å². The maximum atomic E-state index is 12.1. The number of rotatable bonds is 5. The highest BCUT2D eigenvalue weighted by atomic mass is 35.5. The van der Waals surface area contributed by atoms with Crippen molar-refractivity contribution >= 4 is 23.5 Å². The predicted molar refractivity (Wildman–Crippen MR) is 91.0 cm³/mol. The first-order valence-corrected chi connectivity index (χ1v) is 8.20. The van der Waals surface area contributed by atoms with E-state index in [9.17, 15) is 4.79 Å². The summed E-state index contributed by atoms with van der Waals surface area (Å²) < 4.78 is 0. The van der Waals surface area contributed by atoms with Crippen LogP contribution in [0.1, 0.15) is 28.8 Å². The highest BCUT2D eigenvalue weighted by Gasteiger charge is 2.15. The van der Waals surface area contributed by atoms with Crippen LogP contribution < -0.4 is 10.2 Å². The van der Waals surface area contributed by atoms with Gasteiger partial charge in [-0.1, -0.05) is 23.7 Å². The lowest BCUT2D eigenvalue weighted by Gasteiger charge is -2.14. The molecule has 3 rings (SSSR count). The molecular formula is C17H19ClN4O. The van der Waals surface area contributed by atoms with E-state index in [-0.39, 0.29) is 5.91 Å². The van der Waals surface area contributed by atoms with E-state index in [0.717, 1.165) is 25.1 Å². The molecule has 1 aromatic carbocycles. The van der Waals surface area contributed by atoms with Crippen molar-refractivity contribution in [2.75, 3.05) is 24.5 Å². The Labute approximate surface area is 140 Å². The fraction of sp³-hybridized carbons (Fsp3) is 0.353. The normalized spacial score (nSPS) is 14.0. The summed E-state index contributed by atoms with van der Waals surface area (Å²) in [6.45, 7) is 2.55. The largest absolute Gasteiger partial charge is 0.352 e. The number of nitrogens with one attached hydrogen (secondary N) is 1. The second-order valence-electron chi connectivity index (χ2n) is 5.60. The van der Waals surface area contributed by atoms with Crippen LogP contribution in [0.15, 0.2) is 36.7 Å². The molecule has 1 fully saturated rings. The van der Waals surface area contributed by atoms with Crippen molar-refractivity contribution in [3.05, 3.63) is 52.8 Å². The summed E-state index contributed by atoms with van der Waals surface area (Å²) in [7, 11) is 0. The molecule has 0 bridgehead atoms. The molecule has 23 heavy (non-hydrogen) atoms. The van der Waals surface area contributed by atoms with Crippen LogP contribution in [0.4, 0.5) is 5.95 Å². The molecule has 120 valence electrons. The Kier molecular flexibility index (Phi) is 5.08. The first kappa shape index (κ1) is 15.7. The van der Waals surface area contributed by atoms with Crippen molar-refractivity contribution in [1.29, 1.82) is 0 Å². The first-order valence-electron chi connectivity index (χ1n) is 7.82. The van der Waals surface area contributed by atoms with E-state index in [1.165, 1.54) is 12.8 Å². The smallest absolute Gasteiger partial charge is 0.254 e. The zero-order valence-corrected chi connectivity index (χ0v) is 13.6. The molecule has 1 aliphatic rings. The Bertz CT molecular complexity index is 651. The molecule has 0 aliphatic carbocycles. The van der Waals surface area contributed by atoms with E-state index in [1.54, 1.807) is 12.4 Å². The molecule has 2 aromatic rings. The monoisotopic (exact) mass is 330 g/mol. The van der Waals surface area contributed by atoms with E-state index < -0.39 is 0 Å². The van der Waals surface area contributed by atoms with E-state index in [2.05, 4.69) is 20.2 Å². The van der Waals surface area contributed by atoms with E-state index in [1.807, 2.05) is 24.3 Å². The van der Waals surface area contributed by atoms with Gasteiger partial charge in [0.25, 0.3) is 5.91 Å². The molecule has 0 radical (unpaired) electrons. The fourth-order valence-electron chi connectivity index (χ4n) is 2.59. The SMILES string of the molecule is O=C(NCCc1ccc(Cl)cc1)c1cnc(N2CCCC2)nc1. The van der Waals surface area contributed by atoms with Crippen molar-refractivity contribution in [3.63, 3.8) is 0 Å². The van der Waals surface area contributed by atoms with Crippen LogP contribution in [-0.4, -0.2) is 35.5 Å². The van der Waals surface area contributed by atoms with Gasteiger partial charge in [-0.25, -0.2) is 9.97 Å². The van der Waals surface area contributed by atoms with Gasteiger partial charge in [0.1, 0.15) is 0 Å². The second kappa shape index (κ2) is 7.42. The zero-order chi connectivity index (χ0) is 16.1. The third-order valence-corrected chi connectivity index (χ3v) is 4.15. The maximum absolute atomic E-state index is 12.1. The summed E-state index contributed by atoms with van der Waals surface area (Å²) in [6, 6.07) is 7.62. The van der Waals surface area contributed by atoms with Crippen LogP contribution in [0.5, 0.6) is 0 Å². The Morgan fingerprint density at radius 2 is 1.78 bits per heavy atom. The number of hydrogen-bond donors (Lipinski definition) is 1. The molecule has 0 saturated carbocycles. The van der Waals surface area contributed by atoms with Gasteiger partial charge in [-0.3, -0.25) is 4.79 Å². The van der Waals surface area contributed by atoms with E-state index >= 15 is 0 Å². The molecule has 1 N–H and O–H groups in total. The lowest BCUT2D eigenvalue weighted by atomic mass is 10.1. The molecule has 6 heteroatoms. The third-order valence-electron chi connectivity index (χ3n) is 3.90. The topological polar surface area (TPSA) is 58.1 Å². The van der Waals surface area contributed by atoms with Crippen molar-refractivity contribution in [2.45, 2.75) is 19.3 Å². The van der Waals surface area contributed by atoms with Gasteiger partial charge < -0.3 is 10.2 Å². The number of halogens is 1. The van der Waals surface area contributed by atoms with Crippen molar-refractivity contribution in [1.82, 2.24) is 15.3 Å². The molecule has 5 nitrogen and oxygen atoms in total. The van der Waals surface area contributed by atoms with Gasteiger partial charge in [-0.2, -0.15) is 0 Å². The minimum absolute atomic E-state index is 0.146. The average molecular weight is 331 g/mol. The Morgan fingerprint density at radius 3 is 2.43 bits per heavy atom. The number of hydrogen-bond acceptors (Lipinski definition) is 4. The van der Waals surface area contributed by atoms with Crippen LogP contribution in [-0.2, 0) is 6.42 Å². The summed E-state index contributed by atoms with van der Waals surface area (Å²) in [5.41, 5.74) is 1.62. The number of anilines is 1. The van der Waals surface area contributed by atoms with Gasteiger partial charge in [0, 0.05) is 37.1 Å². The second-order valence-corrected chi connectivity index (χ2v) is 6.03. The molecule has 0 atom stereocenters. The highest BCUT2D eigenvalue weighted by molar-refractivity contribution is 6.30. The molecule has 2 heterocycles. The molecule has 1 aliphatic heterocycles. The quantitative estimate of drug-likeness (QED) is 0.915. The van der Waals surface area contributed by atoms with E-state index in [4.69, 9.17) is 11.6 Å². The van der Waals surface area contributed by atoms with Gasteiger partial charge in [0.2, 0.25) is 5.95 Å². The fourth-order valence-corrected chi connectivity index (χ4v) is 2.72. The Morgan fingerprint density at radius 1 is 1.13 bits per heavy atom. The Hall–Kier alpha value is -2.14. The minimum atomic E-state index is -0.146. The van der Waals surface area contributed by atoms with Gasteiger partial charge in [0.05, 0.1) is 5.56 Å². The van der Waals surface area contributed by atoms with Crippen LogP contribution in [0, 0.1) is 0 Å². The zero-order valence-electron chi connectivity index (χ0n) is 12.8. The van der Waals surface area contributed by atoms with Crippen LogP contribution >= 0.6 is 11.6 Å². The number of aromatic nitrogens is 2. The van der Waals surface area contributed by atoms with Gasteiger partial charge >= 0.3 is 0 Å². The summed E-state index contributed by atoms with van der Waals surface area (Å²) in [5, 5.41) is 3.60. The minimum Gasteiger partial charge on any atom is -0.352 e. The van der Waals surface area contributed by atoms with Crippen LogP contribution in [0.3, 0.4) is 0 Å². The lowest BCUT2D eigenvalue weighted by molar-refractivity contribution is 0.0953. The number of carbonyl (C=O) groups excluding carboxylic acids is 1. The summed E-state index contributed by atoms with van der Waals surface area (Å²) in [4.78, 5) is 22.8. The standard InChI is InChI=1S/C17H19ClN4O/c18-15-5-3-13(4-6-15)7-8-19-16(23)14-11-20-17(21-12-14)22-9-1-2-10-22/h3-6,11-12H,1-2,7-10H2,(H,19,23). The first-order chi connectivity index (χ1) is 11.2. The van der Waals surface area contributed by atoms with E-state index in [0.29, 0.717) is 23.1 Å². The van der Waals surface area contributed by atoms with Crippen LogP contribution in [0.2, 0.25) is 5.02 Å². The predicted octanol–water partition coefficient (Wildman–Crippen LogP) is 2.70. The molecule has 1 amide bonds. The van der Waals surface area contributed by atoms with Crippen LogP contribution in [0.25, 0.3) is 0 Å². The summed E-state index contributed by atoms with van der Waals surface area (Å²) >= 11 is 5.85. The summed E-state index contributed by atoms with van der Waals surface area (Å²) in [6.07, 6.45) is 6.30. The molecule has 0 spiro atoms. The van der Waals surface area contributed by atoms with Gasteiger partial charge in [-0.05, 0) is 37.0 Å². The number of amides is 1. The molecule has 0 unspecified atom stereocenters.